The fourth-order valence-electron chi connectivity index (χ4n) is 9.19. The maximum Gasteiger partial charge on any atom is 0.0503 e. The van der Waals surface area contributed by atoms with Gasteiger partial charge in [0.2, 0.25) is 0 Å². The zero-order valence-electron chi connectivity index (χ0n) is 36.2. The van der Waals surface area contributed by atoms with Crippen molar-refractivity contribution in [1.29, 1.82) is 0 Å². The second kappa shape index (κ2) is 18.9. The largest absolute Gasteiger partial charge is 0.338 e. The van der Waals surface area contributed by atoms with E-state index < -0.39 is 0 Å². The molecule has 2 bridgehead atoms. The highest BCUT2D eigenvalue weighted by molar-refractivity contribution is 5.85. The summed E-state index contributed by atoms with van der Waals surface area (Å²) in [5.41, 5.74) is 15.7. The second-order valence-electron chi connectivity index (χ2n) is 17.3. The quantitative estimate of drug-likeness (QED) is 0.133. The first-order valence-electron chi connectivity index (χ1n) is 21.6. The Bertz CT molecular complexity index is 2070. The van der Waals surface area contributed by atoms with Gasteiger partial charge in [-0.25, -0.2) is 0 Å². The van der Waals surface area contributed by atoms with Gasteiger partial charge >= 0.3 is 0 Å². The van der Waals surface area contributed by atoms with E-state index in [0.717, 1.165) is 58.8 Å². The number of anilines is 6. The van der Waals surface area contributed by atoms with E-state index in [1.165, 1.54) is 77.7 Å². The van der Waals surface area contributed by atoms with Crippen LogP contribution in [0.25, 0.3) is 0 Å². The van der Waals surface area contributed by atoms with Crippen LogP contribution >= 0.6 is 0 Å². The van der Waals surface area contributed by atoms with E-state index in [1.54, 1.807) is 0 Å². The van der Waals surface area contributed by atoms with Gasteiger partial charge in [-0.2, -0.15) is 0 Å². The van der Waals surface area contributed by atoms with E-state index in [-0.39, 0.29) is 5.92 Å². The molecule has 2 saturated carbocycles. The highest BCUT2D eigenvalue weighted by Gasteiger charge is 2.38. The maximum atomic E-state index is 4.78. The SMILES string of the molecule is C=C[C@@H](C)CC(=C)N(c1cccc(C)c1)c1cc(N(c2cccc(C)c2)c2cccc(C)c2)cc(N(C2=C(C)C=CCC(C)=C2)C2CC3CC[C@@H](C3)C2)c1.CCC. The Kier molecular flexibility index (Phi) is 13.8. The topological polar surface area (TPSA) is 9.72 Å². The lowest BCUT2D eigenvalue weighted by Crippen LogP contribution is -2.39. The molecule has 7 rings (SSSR count). The van der Waals surface area contributed by atoms with Gasteiger partial charge in [-0.05, 0) is 167 Å². The number of rotatable bonds is 12. The summed E-state index contributed by atoms with van der Waals surface area (Å²) in [5, 5.41) is 0. The van der Waals surface area contributed by atoms with Crippen LogP contribution in [0, 0.1) is 38.5 Å². The predicted molar refractivity (Wildman–Crippen MR) is 250 cm³/mol. The molecule has 4 aromatic rings. The first-order valence-corrected chi connectivity index (χ1v) is 21.6. The van der Waals surface area contributed by atoms with Crippen molar-refractivity contribution < 1.29 is 0 Å². The Hall–Kier alpha value is -5.02. The van der Waals surface area contributed by atoms with E-state index >= 15 is 0 Å². The summed E-state index contributed by atoms with van der Waals surface area (Å²) in [6, 6.07) is 34.4. The lowest BCUT2D eigenvalue weighted by molar-refractivity contribution is 0.315. The summed E-state index contributed by atoms with van der Waals surface area (Å²) in [6.07, 6.45) is 18.8. The first kappa shape index (κ1) is 41.6. The van der Waals surface area contributed by atoms with Crippen molar-refractivity contribution in [3.8, 4) is 0 Å². The molecule has 0 N–H and O–H groups in total. The first-order chi connectivity index (χ1) is 27.5. The standard InChI is InChI=1S/C51H59N3.C3H8/c1-9-35(2)24-41(8)52(44-19-11-15-36(3)25-44)48-32-49(53(45-20-12-16-37(4)26-45)46-21-13-17-38(5)27-46)34-50(33-48)54(47-30-42-22-23-43(29-42)31-47)51-28-39(6)14-10-18-40(51)7;1-3-2/h9-13,15-21,25-28,32-35,42-43,47H,1,8,14,22-24,29-31H2,2-7H3;3H2,1-2H3/t35-,42+,43?,47?;/m1./s1. The van der Waals surface area contributed by atoms with Crippen LogP contribution in [0.3, 0.4) is 0 Å². The average Bonchev–Trinajstić information content (AvgIpc) is 3.42. The summed E-state index contributed by atoms with van der Waals surface area (Å²) in [4.78, 5) is 7.61. The van der Waals surface area contributed by atoms with Crippen molar-refractivity contribution in [2.45, 2.75) is 113 Å². The van der Waals surface area contributed by atoms with Crippen LogP contribution < -0.4 is 14.7 Å². The van der Waals surface area contributed by atoms with Gasteiger partial charge in [0.15, 0.2) is 0 Å². The van der Waals surface area contributed by atoms with Crippen molar-refractivity contribution >= 4 is 34.1 Å². The zero-order valence-corrected chi connectivity index (χ0v) is 36.2. The van der Waals surface area contributed by atoms with Crippen LogP contribution in [0.5, 0.6) is 0 Å². The lowest BCUT2D eigenvalue weighted by Gasteiger charge is -2.41. The molecule has 4 atom stereocenters. The fourth-order valence-corrected chi connectivity index (χ4v) is 9.19. The van der Waals surface area contributed by atoms with Gasteiger partial charge in [0.05, 0.1) is 5.69 Å². The van der Waals surface area contributed by atoms with E-state index in [2.05, 4.69) is 186 Å². The Morgan fingerprint density at radius 3 is 1.79 bits per heavy atom. The fraction of sp³-hybridized carbons (Fsp3) is 0.370. The zero-order chi connectivity index (χ0) is 40.6. The van der Waals surface area contributed by atoms with Crippen LogP contribution in [-0.4, -0.2) is 6.04 Å². The molecule has 3 aliphatic rings. The van der Waals surface area contributed by atoms with Crippen LogP contribution in [0.2, 0.25) is 0 Å². The summed E-state index contributed by atoms with van der Waals surface area (Å²) in [7, 11) is 0. The highest BCUT2D eigenvalue weighted by Crippen LogP contribution is 2.48. The third-order valence-corrected chi connectivity index (χ3v) is 11.8. The molecule has 298 valence electrons. The number of allylic oxidation sites excluding steroid dienone is 7. The minimum absolute atomic E-state index is 0.288. The molecule has 0 saturated heterocycles. The van der Waals surface area contributed by atoms with Crippen LogP contribution in [0.15, 0.2) is 151 Å². The molecule has 57 heavy (non-hydrogen) atoms. The molecule has 0 heterocycles. The Labute approximate surface area is 345 Å². The van der Waals surface area contributed by atoms with Crippen molar-refractivity contribution in [3.63, 3.8) is 0 Å². The van der Waals surface area contributed by atoms with Gasteiger partial charge in [-0.15, -0.1) is 6.58 Å². The molecular weight excluding hydrogens is 691 g/mol. The third kappa shape index (κ3) is 10.1. The number of nitrogens with zero attached hydrogens (tertiary/aromatic N) is 3. The van der Waals surface area contributed by atoms with Gasteiger partial charge in [-0.1, -0.05) is 107 Å². The smallest absolute Gasteiger partial charge is 0.0503 e. The minimum Gasteiger partial charge on any atom is -0.338 e. The van der Waals surface area contributed by atoms with Gasteiger partial charge < -0.3 is 14.7 Å². The van der Waals surface area contributed by atoms with E-state index in [4.69, 9.17) is 6.58 Å². The van der Waals surface area contributed by atoms with Crippen LogP contribution in [-0.2, 0) is 0 Å². The Morgan fingerprint density at radius 2 is 1.23 bits per heavy atom. The molecule has 0 aliphatic heterocycles. The van der Waals surface area contributed by atoms with Crippen LogP contribution in [0.4, 0.5) is 34.1 Å². The third-order valence-electron chi connectivity index (χ3n) is 11.8. The monoisotopic (exact) mass is 758 g/mol. The second-order valence-corrected chi connectivity index (χ2v) is 17.3. The summed E-state index contributed by atoms with van der Waals surface area (Å²) < 4.78 is 0. The number of hydrogen-bond donors (Lipinski definition) is 0. The van der Waals surface area contributed by atoms with Gasteiger partial charge in [-0.3, -0.25) is 0 Å². The molecule has 0 spiro atoms. The molecule has 3 heteroatoms. The van der Waals surface area contributed by atoms with E-state index in [9.17, 15) is 0 Å². The molecular formula is C54H67N3. The Balaban J connectivity index is 0.00000177. The van der Waals surface area contributed by atoms with Crippen LogP contribution in [0.1, 0.15) is 103 Å². The summed E-state index contributed by atoms with van der Waals surface area (Å²) in [5.74, 6) is 1.88. The summed E-state index contributed by atoms with van der Waals surface area (Å²) >= 11 is 0. The molecule has 3 nitrogen and oxygen atoms in total. The molecule has 2 unspecified atom stereocenters. The average molecular weight is 758 g/mol. The minimum atomic E-state index is 0.288. The van der Waals surface area contributed by atoms with Gasteiger partial charge in [0.1, 0.15) is 0 Å². The Morgan fingerprint density at radius 1 is 0.702 bits per heavy atom. The maximum absolute atomic E-state index is 4.78. The number of aryl methyl sites for hydroxylation is 3. The molecule has 0 radical (unpaired) electrons. The van der Waals surface area contributed by atoms with E-state index in [0.29, 0.717) is 6.04 Å². The molecule has 0 aromatic heterocycles. The predicted octanol–water partition coefficient (Wildman–Crippen LogP) is 15.9. The van der Waals surface area contributed by atoms with Crippen molar-refractivity contribution in [2.75, 3.05) is 14.7 Å². The van der Waals surface area contributed by atoms with Gasteiger partial charge in [0.25, 0.3) is 0 Å². The molecule has 3 aliphatic carbocycles. The van der Waals surface area contributed by atoms with E-state index in [1.807, 2.05) is 6.08 Å². The molecule has 2 fully saturated rings. The van der Waals surface area contributed by atoms with Crippen molar-refractivity contribution in [3.05, 3.63) is 168 Å². The number of hydrogen-bond acceptors (Lipinski definition) is 3. The van der Waals surface area contributed by atoms with Gasteiger partial charge in [0, 0.05) is 45.9 Å². The highest BCUT2D eigenvalue weighted by atomic mass is 15.2. The molecule has 4 aromatic carbocycles. The number of benzene rings is 4. The van der Waals surface area contributed by atoms with Crippen molar-refractivity contribution in [2.24, 2.45) is 17.8 Å². The van der Waals surface area contributed by atoms with Crippen molar-refractivity contribution in [1.82, 2.24) is 0 Å². The number of fused-ring (bicyclic) bond motifs is 2. The summed E-state index contributed by atoms with van der Waals surface area (Å²) in [6.45, 7) is 26.5. The molecule has 0 amide bonds. The lowest BCUT2D eigenvalue weighted by atomic mass is 9.84. The normalized spacial score (nSPS) is 19.2.